The summed E-state index contributed by atoms with van der Waals surface area (Å²) in [6.07, 6.45) is 8.35. The number of nitrogens with zero attached hydrogens (tertiary/aromatic N) is 2. The number of hydrogen-bond acceptors (Lipinski definition) is 4. The summed E-state index contributed by atoms with van der Waals surface area (Å²) in [5.41, 5.74) is 4.69. The van der Waals surface area contributed by atoms with E-state index in [1.807, 2.05) is 24.5 Å². The topological polar surface area (TPSA) is 47.0 Å². The van der Waals surface area contributed by atoms with Crippen LogP contribution in [-0.4, -0.2) is 16.6 Å². The highest BCUT2D eigenvalue weighted by Gasteiger charge is 2.21. The number of aromatic nitrogens is 2. The van der Waals surface area contributed by atoms with Gasteiger partial charge in [-0.3, -0.25) is 9.97 Å². The smallest absolute Gasteiger partial charge is 0.124 e. The molecule has 1 aliphatic rings. The maximum Gasteiger partial charge on any atom is 0.124 e. The molecule has 3 heterocycles. The summed E-state index contributed by atoms with van der Waals surface area (Å²) in [5, 5.41) is 3.64. The Morgan fingerprint density at radius 2 is 1.88 bits per heavy atom. The summed E-state index contributed by atoms with van der Waals surface area (Å²) < 4.78 is 5.83. The molecule has 0 saturated heterocycles. The number of rotatable bonds is 4. The van der Waals surface area contributed by atoms with Crippen molar-refractivity contribution in [1.29, 1.82) is 0 Å². The van der Waals surface area contributed by atoms with Crippen LogP contribution in [0.1, 0.15) is 23.6 Å². The Labute approximate surface area is 141 Å². The quantitative estimate of drug-likeness (QED) is 0.796. The first-order valence-corrected chi connectivity index (χ1v) is 8.19. The van der Waals surface area contributed by atoms with Crippen molar-refractivity contribution in [2.75, 3.05) is 6.61 Å². The second-order valence-corrected chi connectivity index (χ2v) is 5.93. The van der Waals surface area contributed by atoms with Crippen molar-refractivity contribution < 1.29 is 4.74 Å². The molecule has 1 N–H and O–H groups in total. The lowest BCUT2D eigenvalue weighted by atomic mass is 9.96. The molecule has 0 fully saturated rings. The minimum atomic E-state index is 0.283. The van der Waals surface area contributed by atoms with E-state index in [9.17, 15) is 0 Å². The molecule has 4 heteroatoms. The molecule has 4 rings (SSSR count). The van der Waals surface area contributed by atoms with E-state index in [0.29, 0.717) is 0 Å². The third-order valence-corrected chi connectivity index (χ3v) is 4.32. The van der Waals surface area contributed by atoms with Gasteiger partial charge in [-0.15, -0.1) is 0 Å². The van der Waals surface area contributed by atoms with Crippen LogP contribution in [0.4, 0.5) is 0 Å². The summed E-state index contributed by atoms with van der Waals surface area (Å²) in [6.45, 7) is 1.54. The van der Waals surface area contributed by atoms with Crippen molar-refractivity contribution >= 4 is 0 Å². The maximum absolute atomic E-state index is 5.83. The minimum absolute atomic E-state index is 0.283. The molecule has 1 aromatic carbocycles. The number of benzene rings is 1. The molecule has 0 saturated carbocycles. The Hall–Kier alpha value is -2.72. The maximum atomic E-state index is 5.83. The second-order valence-electron chi connectivity index (χ2n) is 5.93. The highest BCUT2D eigenvalue weighted by Crippen LogP contribution is 2.35. The first kappa shape index (κ1) is 14.8. The summed E-state index contributed by atoms with van der Waals surface area (Å²) in [5.74, 6) is 0.970. The van der Waals surface area contributed by atoms with Crippen LogP contribution in [0.5, 0.6) is 5.75 Å². The van der Waals surface area contributed by atoms with Gasteiger partial charge in [0.05, 0.1) is 6.61 Å². The molecule has 120 valence electrons. The van der Waals surface area contributed by atoms with Crippen molar-refractivity contribution in [2.45, 2.75) is 19.0 Å². The third kappa shape index (κ3) is 3.14. The molecular formula is C20H19N3O. The Morgan fingerprint density at radius 1 is 1.00 bits per heavy atom. The minimum Gasteiger partial charge on any atom is -0.493 e. The standard InChI is InChI=1S/C20H19N3O/c1-3-15(12-21-8-1)13-23-19-7-10-24-20-6-5-16(11-18(19)20)17-4-2-9-22-14-17/h1-6,8-9,11-12,14,19,23H,7,10,13H2/t19-/m0/s1. The summed E-state index contributed by atoms with van der Waals surface area (Å²) >= 11 is 0. The largest absolute Gasteiger partial charge is 0.493 e. The average molecular weight is 317 g/mol. The van der Waals surface area contributed by atoms with Crippen molar-refractivity contribution in [3.05, 3.63) is 78.4 Å². The van der Waals surface area contributed by atoms with Crippen molar-refractivity contribution in [1.82, 2.24) is 15.3 Å². The third-order valence-electron chi connectivity index (χ3n) is 4.32. The molecule has 1 aliphatic heterocycles. The highest BCUT2D eigenvalue weighted by atomic mass is 16.5. The van der Waals surface area contributed by atoms with Gasteiger partial charge in [-0.05, 0) is 35.4 Å². The van der Waals surface area contributed by atoms with Gasteiger partial charge in [0, 0.05) is 54.9 Å². The molecular weight excluding hydrogens is 298 g/mol. The van der Waals surface area contributed by atoms with Crippen LogP contribution in [0.3, 0.4) is 0 Å². The SMILES string of the molecule is c1cncc(CN[C@H]2CCOc3ccc(-c4cccnc4)cc32)c1. The van der Waals surface area contributed by atoms with Gasteiger partial charge < -0.3 is 10.1 Å². The zero-order valence-corrected chi connectivity index (χ0v) is 13.4. The van der Waals surface area contributed by atoms with E-state index in [-0.39, 0.29) is 6.04 Å². The lowest BCUT2D eigenvalue weighted by molar-refractivity contribution is 0.252. The Morgan fingerprint density at radius 3 is 2.67 bits per heavy atom. The summed E-state index contributed by atoms with van der Waals surface area (Å²) in [7, 11) is 0. The van der Waals surface area contributed by atoms with Crippen molar-refractivity contribution in [2.24, 2.45) is 0 Å². The van der Waals surface area contributed by atoms with Gasteiger partial charge in [-0.1, -0.05) is 18.2 Å². The molecule has 2 aromatic heterocycles. The van der Waals surface area contributed by atoms with Crippen molar-refractivity contribution in [3.63, 3.8) is 0 Å². The molecule has 3 aromatic rings. The van der Waals surface area contributed by atoms with E-state index in [1.165, 1.54) is 16.7 Å². The number of nitrogens with one attached hydrogen (secondary N) is 1. The lowest BCUT2D eigenvalue weighted by Gasteiger charge is -2.27. The monoisotopic (exact) mass is 317 g/mol. The molecule has 0 unspecified atom stereocenters. The van der Waals surface area contributed by atoms with Gasteiger partial charge in [-0.25, -0.2) is 0 Å². The summed E-state index contributed by atoms with van der Waals surface area (Å²) in [6, 6.07) is 14.8. The van der Waals surface area contributed by atoms with Crippen LogP contribution in [0.2, 0.25) is 0 Å². The van der Waals surface area contributed by atoms with E-state index in [1.54, 1.807) is 12.4 Å². The predicted molar refractivity (Wildman–Crippen MR) is 93.6 cm³/mol. The Kier molecular flexibility index (Phi) is 4.21. The number of pyridine rings is 2. The molecule has 0 spiro atoms. The predicted octanol–water partition coefficient (Wildman–Crippen LogP) is 3.76. The molecule has 0 aliphatic carbocycles. The molecule has 4 nitrogen and oxygen atoms in total. The highest BCUT2D eigenvalue weighted by molar-refractivity contribution is 5.65. The van der Waals surface area contributed by atoms with Gasteiger partial charge in [-0.2, -0.15) is 0 Å². The lowest BCUT2D eigenvalue weighted by Crippen LogP contribution is -2.26. The van der Waals surface area contributed by atoms with E-state index in [0.717, 1.165) is 30.9 Å². The second kappa shape index (κ2) is 6.81. The fourth-order valence-corrected chi connectivity index (χ4v) is 3.06. The number of fused-ring (bicyclic) bond motifs is 1. The average Bonchev–Trinajstić information content (AvgIpc) is 2.67. The van der Waals surface area contributed by atoms with Crippen LogP contribution >= 0.6 is 0 Å². The van der Waals surface area contributed by atoms with E-state index in [4.69, 9.17) is 4.74 Å². The Balaban J connectivity index is 1.59. The zero-order valence-electron chi connectivity index (χ0n) is 13.4. The van der Waals surface area contributed by atoms with Gasteiger partial charge in [0.1, 0.15) is 5.75 Å². The number of ether oxygens (including phenoxy) is 1. The van der Waals surface area contributed by atoms with Crippen molar-refractivity contribution in [3.8, 4) is 16.9 Å². The van der Waals surface area contributed by atoms with Crippen LogP contribution in [0.25, 0.3) is 11.1 Å². The molecule has 0 amide bonds. The molecule has 0 bridgehead atoms. The Bertz CT molecular complexity index is 806. The van der Waals surface area contributed by atoms with E-state index < -0.39 is 0 Å². The summed E-state index contributed by atoms with van der Waals surface area (Å²) in [4.78, 5) is 8.39. The van der Waals surface area contributed by atoms with Crippen LogP contribution in [-0.2, 0) is 6.54 Å². The number of hydrogen-bond donors (Lipinski definition) is 1. The first-order valence-electron chi connectivity index (χ1n) is 8.19. The molecule has 24 heavy (non-hydrogen) atoms. The van der Waals surface area contributed by atoms with Gasteiger partial charge in [0.15, 0.2) is 0 Å². The van der Waals surface area contributed by atoms with Crippen LogP contribution in [0.15, 0.2) is 67.3 Å². The zero-order chi connectivity index (χ0) is 16.2. The molecule has 1 atom stereocenters. The normalized spacial score (nSPS) is 16.2. The van der Waals surface area contributed by atoms with Crippen LogP contribution < -0.4 is 10.1 Å². The van der Waals surface area contributed by atoms with E-state index in [2.05, 4.69) is 45.6 Å². The fraction of sp³-hybridized carbons (Fsp3) is 0.200. The molecule has 0 radical (unpaired) electrons. The van der Waals surface area contributed by atoms with Gasteiger partial charge in [0.25, 0.3) is 0 Å². The fourth-order valence-electron chi connectivity index (χ4n) is 3.06. The van der Waals surface area contributed by atoms with Gasteiger partial charge in [0.2, 0.25) is 0 Å². The van der Waals surface area contributed by atoms with Gasteiger partial charge >= 0.3 is 0 Å². The van der Waals surface area contributed by atoms with Crippen LogP contribution in [0, 0.1) is 0 Å². The first-order chi connectivity index (χ1) is 11.9. The van der Waals surface area contributed by atoms with E-state index >= 15 is 0 Å².